The molecule has 2 aliphatic heterocycles. The average Bonchev–Trinajstić information content (AvgIpc) is 2.85. The molecule has 0 bridgehead atoms. The van der Waals surface area contributed by atoms with Crippen molar-refractivity contribution < 1.29 is 22.9 Å². The molecule has 0 radical (unpaired) electrons. The minimum absolute atomic E-state index is 0.0358. The van der Waals surface area contributed by atoms with E-state index in [-0.39, 0.29) is 16.6 Å². The largest absolute Gasteiger partial charge is 0.379 e. The number of nitro benzene ring substituents is 1. The Hall–Kier alpha value is -3.22. The Kier molecular flexibility index (Phi) is 6.77. The van der Waals surface area contributed by atoms with Crippen LogP contribution in [0.4, 0.5) is 21.9 Å². The molecular formula is C21H25N5O6S. The lowest BCUT2D eigenvalue weighted by atomic mass is 10.2. The molecule has 0 unspecified atom stereocenters. The van der Waals surface area contributed by atoms with Crippen molar-refractivity contribution in [3.05, 3.63) is 58.6 Å². The highest BCUT2D eigenvalue weighted by Gasteiger charge is 2.28. The van der Waals surface area contributed by atoms with Gasteiger partial charge < -0.3 is 19.9 Å². The second kappa shape index (κ2) is 9.73. The van der Waals surface area contributed by atoms with E-state index in [0.29, 0.717) is 63.9 Å². The summed E-state index contributed by atoms with van der Waals surface area (Å²) in [6.45, 7) is 2.95. The Balaban J connectivity index is 1.39. The van der Waals surface area contributed by atoms with Crippen LogP contribution in [-0.2, 0) is 14.8 Å². The van der Waals surface area contributed by atoms with Gasteiger partial charge in [-0.3, -0.25) is 10.1 Å². The number of sulfonamides is 1. The van der Waals surface area contributed by atoms with Crippen molar-refractivity contribution in [1.29, 1.82) is 0 Å². The van der Waals surface area contributed by atoms with Crippen molar-refractivity contribution in [3.8, 4) is 0 Å². The van der Waals surface area contributed by atoms with Crippen LogP contribution in [0, 0.1) is 10.1 Å². The smallest absolute Gasteiger partial charge is 0.321 e. The van der Waals surface area contributed by atoms with Gasteiger partial charge in [0, 0.05) is 51.0 Å². The van der Waals surface area contributed by atoms with Crippen LogP contribution in [0.5, 0.6) is 0 Å². The number of carbonyl (C=O) groups excluding carboxylic acids is 1. The zero-order valence-electron chi connectivity index (χ0n) is 17.9. The van der Waals surface area contributed by atoms with Crippen LogP contribution >= 0.6 is 0 Å². The number of nitro groups is 1. The summed E-state index contributed by atoms with van der Waals surface area (Å²) in [6, 6.07) is 12.4. The van der Waals surface area contributed by atoms with Crippen molar-refractivity contribution in [2.75, 3.05) is 62.7 Å². The fourth-order valence-electron chi connectivity index (χ4n) is 3.91. The topological polar surface area (TPSA) is 125 Å². The number of anilines is 2. The number of morpholine rings is 1. The molecule has 176 valence electrons. The first-order valence-electron chi connectivity index (χ1n) is 10.6. The third kappa shape index (κ3) is 5.07. The Morgan fingerprint density at radius 1 is 0.970 bits per heavy atom. The molecule has 33 heavy (non-hydrogen) atoms. The quantitative estimate of drug-likeness (QED) is 0.518. The Labute approximate surface area is 191 Å². The molecular weight excluding hydrogens is 450 g/mol. The molecule has 2 amide bonds. The lowest BCUT2D eigenvalue weighted by Gasteiger charge is -2.35. The van der Waals surface area contributed by atoms with Gasteiger partial charge in [-0.05, 0) is 24.3 Å². The zero-order valence-corrected chi connectivity index (χ0v) is 18.7. The van der Waals surface area contributed by atoms with Gasteiger partial charge >= 0.3 is 6.03 Å². The molecule has 12 heteroatoms. The monoisotopic (exact) mass is 475 g/mol. The molecule has 0 spiro atoms. The molecule has 2 aliphatic rings. The highest BCUT2D eigenvalue weighted by Crippen LogP contribution is 2.28. The van der Waals surface area contributed by atoms with Crippen LogP contribution in [0.15, 0.2) is 53.4 Å². The summed E-state index contributed by atoms with van der Waals surface area (Å²) in [5.41, 5.74) is 0.952. The van der Waals surface area contributed by atoms with Crippen molar-refractivity contribution in [2.24, 2.45) is 0 Å². The molecule has 4 rings (SSSR count). The summed E-state index contributed by atoms with van der Waals surface area (Å²) < 4.78 is 32.3. The number of rotatable bonds is 5. The number of hydrogen-bond acceptors (Lipinski definition) is 7. The van der Waals surface area contributed by atoms with Crippen LogP contribution in [0.1, 0.15) is 0 Å². The summed E-state index contributed by atoms with van der Waals surface area (Å²) in [6.07, 6.45) is 0. The maximum absolute atomic E-state index is 12.9. The van der Waals surface area contributed by atoms with E-state index in [0.717, 1.165) is 0 Å². The lowest BCUT2D eigenvalue weighted by molar-refractivity contribution is -0.384. The molecule has 2 saturated heterocycles. The minimum atomic E-state index is -3.67. The summed E-state index contributed by atoms with van der Waals surface area (Å²) >= 11 is 0. The number of nitrogens with one attached hydrogen (secondary N) is 1. The maximum atomic E-state index is 12.9. The molecule has 2 aromatic rings. The van der Waals surface area contributed by atoms with Gasteiger partial charge in [0.25, 0.3) is 5.69 Å². The van der Waals surface area contributed by atoms with E-state index in [2.05, 4.69) is 5.32 Å². The normalized spacial score (nSPS) is 17.6. The van der Waals surface area contributed by atoms with Gasteiger partial charge in [-0.2, -0.15) is 4.31 Å². The number of para-hydroxylation sites is 2. The van der Waals surface area contributed by atoms with Crippen LogP contribution in [-0.4, -0.2) is 81.1 Å². The van der Waals surface area contributed by atoms with Gasteiger partial charge in [-0.1, -0.05) is 18.2 Å². The first kappa shape index (κ1) is 23.0. The van der Waals surface area contributed by atoms with Gasteiger partial charge in [-0.25, -0.2) is 13.2 Å². The van der Waals surface area contributed by atoms with Gasteiger partial charge in [0.1, 0.15) is 5.69 Å². The van der Waals surface area contributed by atoms with E-state index in [1.807, 2.05) is 4.90 Å². The molecule has 2 fully saturated rings. The number of ether oxygens (including phenoxy) is 1. The molecule has 0 saturated carbocycles. The second-order valence-electron chi connectivity index (χ2n) is 7.69. The van der Waals surface area contributed by atoms with E-state index in [1.54, 1.807) is 35.2 Å². The van der Waals surface area contributed by atoms with Crippen LogP contribution < -0.4 is 10.2 Å². The van der Waals surface area contributed by atoms with Crippen LogP contribution in [0.25, 0.3) is 0 Å². The Morgan fingerprint density at radius 2 is 1.67 bits per heavy atom. The molecule has 1 N–H and O–H groups in total. The minimum Gasteiger partial charge on any atom is -0.379 e. The lowest BCUT2D eigenvalue weighted by Crippen LogP contribution is -2.50. The predicted octanol–water partition coefficient (Wildman–Crippen LogP) is 1.97. The standard InChI is InChI=1S/C21H25N5O6S/c27-21(24-10-8-23(9-11-24)19-6-1-2-7-20(19)26(28)29)22-17-4-3-5-18(16-17)33(30,31)25-12-14-32-15-13-25/h1-7,16H,8-15H2,(H,22,27). The summed E-state index contributed by atoms with van der Waals surface area (Å²) in [4.78, 5) is 27.2. The number of benzene rings is 2. The van der Waals surface area contributed by atoms with Gasteiger partial charge in [-0.15, -0.1) is 0 Å². The highest BCUT2D eigenvalue weighted by atomic mass is 32.2. The van der Waals surface area contributed by atoms with Crippen molar-refractivity contribution in [1.82, 2.24) is 9.21 Å². The van der Waals surface area contributed by atoms with Gasteiger partial charge in [0.05, 0.1) is 23.0 Å². The molecule has 0 atom stereocenters. The van der Waals surface area contributed by atoms with Crippen molar-refractivity contribution in [3.63, 3.8) is 0 Å². The van der Waals surface area contributed by atoms with Gasteiger partial charge in [0.2, 0.25) is 10.0 Å². The van der Waals surface area contributed by atoms with Crippen LogP contribution in [0.2, 0.25) is 0 Å². The molecule has 11 nitrogen and oxygen atoms in total. The average molecular weight is 476 g/mol. The fourth-order valence-corrected chi connectivity index (χ4v) is 5.36. The molecule has 2 heterocycles. The molecule has 0 aliphatic carbocycles. The SMILES string of the molecule is O=C(Nc1cccc(S(=O)(=O)N2CCOCC2)c1)N1CCN(c2ccccc2[N+](=O)[O-])CC1. The maximum Gasteiger partial charge on any atom is 0.321 e. The van der Waals surface area contributed by atoms with E-state index >= 15 is 0 Å². The van der Waals surface area contributed by atoms with Crippen molar-refractivity contribution in [2.45, 2.75) is 4.90 Å². The summed E-state index contributed by atoms with van der Waals surface area (Å²) in [5.74, 6) is 0. The summed E-state index contributed by atoms with van der Waals surface area (Å²) in [5, 5.41) is 14.1. The van der Waals surface area contributed by atoms with E-state index < -0.39 is 14.9 Å². The number of hydrogen-bond donors (Lipinski definition) is 1. The summed E-state index contributed by atoms with van der Waals surface area (Å²) in [7, 11) is -3.67. The number of urea groups is 1. The third-order valence-corrected chi connectivity index (χ3v) is 7.57. The predicted molar refractivity (Wildman–Crippen MR) is 122 cm³/mol. The second-order valence-corrected chi connectivity index (χ2v) is 9.63. The van der Waals surface area contributed by atoms with E-state index in [1.165, 1.54) is 22.5 Å². The number of piperazine rings is 1. The Bertz CT molecular complexity index is 1130. The number of carbonyl (C=O) groups is 1. The number of amides is 2. The Morgan fingerprint density at radius 3 is 2.36 bits per heavy atom. The first-order chi connectivity index (χ1) is 15.9. The fraction of sp³-hybridized carbons (Fsp3) is 0.381. The van der Waals surface area contributed by atoms with E-state index in [9.17, 15) is 23.3 Å². The van der Waals surface area contributed by atoms with Crippen molar-refractivity contribution >= 4 is 33.1 Å². The molecule has 0 aromatic heterocycles. The third-order valence-electron chi connectivity index (χ3n) is 5.68. The van der Waals surface area contributed by atoms with Gasteiger partial charge in [0.15, 0.2) is 0 Å². The first-order valence-corrected chi connectivity index (χ1v) is 12.0. The van der Waals surface area contributed by atoms with E-state index in [4.69, 9.17) is 4.74 Å². The number of nitrogens with zero attached hydrogens (tertiary/aromatic N) is 4. The van der Waals surface area contributed by atoms with Crippen LogP contribution in [0.3, 0.4) is 0 Å². The molecule has 2 aromatic carbocycles. The highest BCUT2D eigenvalue weighted by molar-refractivity contribution is 7.89. The zero-order chi connectivity index (χ0) is 23.4.